The number of benzene rings is 1. The topological polar surface area (TPSA) is 21.3 Å². The minimum Gasteiger partial charge on any atom is -0.494 e. The predicted molar refractivity (Wildman–Crippen MR) is 92.8 cm³/mol. The third-order valence-electron chi connectivity index (χ3n) is 3.31. The Labute approximate surface area is 130 Å². The van der Waals surface area contributed by atoms with Gasteiger partial charge in [-0.15, -0.1) is 0 Å². The van der Waals surface area contributed by atoms with Crippen molar-refractivity contribution in [1.29, 1.82) is 0 Å². The Kier molecular flexibility index (Phi) is 8.14. The van der Waals surface area contributed by atoms with Crippen LogP contribution in [0.25, 0.3) is 6.08 Å². The molecule has 0 saturated heterocycles. The van der Waals surface area contributed by atoms with Gasteiger partial charge in [-0.1, -0.05) is 58.4 Å². The zero-order valence-electron chi connectivity index (χ0n) is 14.3. The van der Waals surface area contributed by atoms with E-state index in [2.05, 4.69) is 64.2 Å². The predicted octanol–water partition coefficient (Wildman–Crippen LogP) is 4.76. The maximum absolute atomic E-state index is 5.71. The standard InChI is InChI=1S/C19H31NO/c1-6-10-21-19-9-7-8-17(12-19)11-18(16(4)5)14-20-13-15(2)3/h7-9,11-12,15-16,20H,6,10,13-14H2,1-5H3. The number of ether oxygens (including phenoxy) is 1. The highest BCUT2D eigenvalue weighted by molar-refractivity contribution is 5.55. The van der Waals surface area contributed by atoms with Crippen molar-refractivity contribution in [1.82, 2.24) is 5.32 Å². The Morgan fingerprint density at radius 3 is 2.62 bits per heavy atom. The third kappa shape index (κ3) is 7.33. The molecule has 0 aliphatic carbocycles. The molecular weight excluding hydrogens is 258 g/mol. The van der Waals surface area contributed by atoms with Crippen LogP contribution in [0.5, 0.6) is 5.75 Å². The summed E-state index contributed by atoms with van der Waals surface area (Å²) in [7, 11) is 0. The molecule has 0 spiro atoms. The molecule has 0 radical (unpaired) electrons. The highest BCUT2D eigenvalue weighted by Crippen LogP contribution is 2.19. The summed E-state index contributed by atoms with van der Waals surface area (Å²) in [6.45, 7) is 13.9. The van der Waals surface area contributed by atoms with Crippen LogP contribution in [0.4, 0.5) is 0 Å². The number of hydrogen-bond donors (Lipinski definition) is 1. The van der Waals surface area contributed by atoms with Crippen molar-refractivity contribution in [2.45, 2.75) is 41.0 Å². The summed E-state index contributed by atoms with van der Waals surface area (Å²) in [4.78, 5) is 0. The zero-order chi connectivity index (χ0) is 15.7. The van der Waals surface area contributed by atoms with E-state index in [1.54, 1.807) is 0 Å². The van der Waals surface area contributed by atoms with E-state index in [1.165, 1.54) is 11.1 Å². The maximum Gasteiger partial charge on any atom is 0.119 e. The summed E-state index contributed by atoms with van der Waals surface area (Å²) in [5.74, 6) is 2.19. The van der Waals surface area contributed by atoms with Crippen LogP contribution in [0.1, 0.15) is 46.6 Å². The van der Waals surface area contributed by atoms with E-state index in [-0.39, 0.29) is 0 Å². The first-order valence-electron chi connectivity index (χ1n) is 8.17. The van der Waals surface area contributed by atoms with Crippen LogP contribution in [0.2, 0.25) is 0 Å². The molecule has 0 atom stereocenters. The van der Waals surface area contributed by atoms with Gasteiger partial charge in [-0.3, -0.25) is 0 Å². The first kappa shape index (κ1) is 17.8. The largest absolute Gasteiger partial charge is 0.494 e. The first-order valence-corrected chi connectivity index (χ1v) is 8.17. The molecule has 1 aromatic rings. The molecule has 2 heteroatoms. The van der Waals surface area contributed by atoms with Gasteiger partial charge in [-0.05, 0) is 42.5 Å². The Bertz CT molecular complexity index is 435. The molecule has 0 unspecified atom stereocenters. The fourth-order valence-electron chi connectivity index (χ4n) is 2.06. The molecule has 0 heterocycles. The average Bonchev–Trinajstić information content (AvgIpc) is 2.44. The quantitative estimate of drug-likeness (QED) is 0.707. The van der Waals surface area contributed by atoms with E-state index in [0.29, 0.717) is 11.8 Å². The van der Waals surface area contributed by atoms with Gasteiger partial charge in [0.2, 0.25) is 0 Å². The van der Waals surface area contributed by atoms with Crippen LogP contribution in [0.15, 0.2) is 29.8 Å². The van der Waals surface area contributed by atoms with E-state index in [0.717, 1.165) is 31.9 Å². The van der Waals surface area contributed by atoms with Gasteiger partial charge in [0.25, 0.3) is 0 Å². The fraction of sp³-hybridized carbons (Fsp3) is 0.579. The van der Waals surface area contributed by atoms with Crippen LogP contribution >= 0.6 is 0 Å². The molecule has 0 fully saturated rings. The Morgan fingerprint density at radius 2 is 2.00 bits per heavy atom. The van der Waals surface area contributed by atoms with Crippen molar-refractivity contribution in [3.05, 3.63) is 35.4 Å². The van der Waals surface area contributed by atoms with Crippen molar-refractivity contribution in [3.63, 3.8) is 0 Å². The van der Waals surface area contributed by atoms with E-state index >= 15 is 0 Å². The summed E-state index contributed by atoms with van der Waals surface area (Å²) in [6.07, 6.45) is 3.33. The SMILES string of the molecule is CCCOc1cccc(C=C(CNCC(C)C)C(C)C)c1. The lowest BCUT2D eigenvalue weighted by atomic mass is 10.00. The Morgan fingerprint density at radius 1 is 1.24 bits per heavy atom. The summed E-state index contributed by atoms with van der Waals surface area (Å²) in [5, 5.41) is 3.54. The molecule has 0 aliphatic rings. The highest BCUT2D eigenvalue weighted by Gasteiger charge is 2.05. The summed E-state index contributed by atoms with van der Waals surface area (Å²) >= 11 is 0. The summed E-state index contributed by atoms with van der Waals surface area (Å²) < 4.78 is 5.71. The van der Waals surface area contributed by atoms with Gasteiger partial charge in [0, 0.05) is 6.54 Å². The first-order chi connectivity index (χ1) is 10.0. The van der Waals surface area contributed by atoms with Gasteiger partial charge >= 0.3 is 0 Å². The van der Waals surface area contributed by atoms with Crippen molar-refractivity contribution in [3.8, 4) is 5.75 Å². The number of nitrogens with one attached hydrogen (secondary N) is 1. The van der Waals surface area contributed by atoms with Crippen LogP contribution in [0, 0.1) is 11.8 Å². The Hall–Kier alpha value is -1.28. The molecule has 118 valence electrons. The minimum absolute atomic E-state index is 0.546. The second-order valence-electron chi connectivity index (χ2n) is 6.32. The Balaban J connectivity index is 2.74. The van der Waals surface area contributed by atoms with E-state index in [9.17, 15) is 0 Å². The lowest BCUT2D eigenvalue weighted by Gasteiger charge is -2.14. The maximum atomic E-state index is 5.71. The van der Waals surface area contributed by atoms with E-state index < -0.39 is 0 Å². The van der Waals surface area contributed by atoms with Crippen LogP contribution < -0.4 is 10.1 Å². The van der Waals surface area contributed by atoms with Crippen molar-refractivity contribution in [2.24, 2.45) is 11.8 Å². The van der Waals surface area contributed by atoms with Crippen molar-refractivity contribution >= 4 is 6.08 Å². The lowest BCUT2D eigenvalue weighted by molar-refractivity contribution is 0.317. The summed E-state index contributed by atoms with van der Waals surface area (Å²) in [5.41, 5.74) is 2.65. The zero-order valence-corrected chi connectivity index (χ0v) is 14.3. The molecule has 0 saturated carbocycles. The van der Waals surface area contributed by atoms with Gasteiger partial charge in [-0.2, -0.15) is 0 Å². The number of rotatable bonds is 9. The molecule has 0 bridgehead atoms. The molecule has 2 nitrogen and oxygen atoms in total. The van der Waals surface area contributed by atoms with Gasteiger partial charge in [-0.25, -0.2) is 0 Å². The molecule has 21 heavy (non-hydrogen) atoms. The smallest absolute Gasteiger partial charge is 0.119 e. The molecule has 0 amide bonds. The average molecular weight is 289 g/mol. The summed E-state index contributed by atoms with van der Waals surface area (Å²) in [6, 6.07) is 8.36. The minimum atomic E-state index is 0.546. The van der Waals surface area contributed by atoms with Crippen LogP contribution in [0.3, 0.4) is 0 Å². The molecule has 1 N–H and O–H groups in total. The molecule has 0 aromatic heterocycles. The van der Waals surface area contributed by atoms with Gasteiger partial charge in [0.15, 0.2) is 0 Å². The molecule has 0 aliphatic heterocycles. The van der Waals surface area contributed by atoms with Crippen molar-refractivity contribution < 1.29 is 4.74 Å². The normalized spacial score (nSPS) is 12.2. The van der Waals surface area contributed by atoms with Gasteiger partial charge in [0.1, 0.15) is 5.75 Å². The highest BCUT2D eigenvalue weighted by atomic mass is 16.5. The second kappa shape index (κ2) is 9.62. The van der Waals surface area contributed by atoms with Gasteiger partial charge < -0.3 is 10.1 Å². The van der Waals surface area contributed by atoms with E-state index in [4.69, 9.17) is 4.74 Å². The van der Waals surface area contributed by atoms with Crippen LogP contribution in [-0.2, 0) is 0 Å². The molecular formula is C19H31NO. The fourth-order valence-corrected chi connectivity index (χ4v) is 2.06. The lowest BCUT2D eigenvalue weighted by Crippen LogP contribution is -2.23. The van der Waals surface area contributed by atoms with Crippen molar-refractivity contribution in [2.75, 3.05) is 19.7 Å². The van der Waals surface area contributed by atoms with E-state index in [1.807, 2.05) is 6.07 Å². The number of hydrogen-bond acceptors (Lipinski definition) is 2. The molecule has 1 rings (SSSR count). The third-order valence-corrected chi connectivity index (χ3v) is 3.31. The van der Waals surface area contributed by atoms with Crippen LogP contribution in [-0.4, -0.2) is 19.7 Å². The van der Waals surface area contributed by atoms with Gasteiger partial charge in [0.05, 0.1) is 6.61 Å². The monoisotopic (exact) mass is 289 g/mol. The molecule has 1 aromatic carbocycles. The second-order valence-corrected chi connectivity index (χ2v) is 6.32.